The molecule has 4 aromatic heterocycles. The van der Waals surface area contributed by atoms with E-state index in [9.17, 15) is 23.2 Å². The number of hydrogen-bond donors (Lipinski definition) is 1. The first-order valence-corrected chi connectivity index (χ1v) is 12.9. The molecule has 210 valence electrons. The molecule has 6 rings (SSSR count). The molecule has 1 aliphatic rings. The summed E-state index contributed by atoms with van der Waals surface area (Å²) in [6.07, 6.45) is 3.19. The number of methoxy groups -OCH3 is 1. The van der Waals surface area contributed by atoms with Gasteiger partial charge >= 0.3 is 5.69 Å². The average Bonchev–Trinajstić information content (AvgIpc) is 3.62. The van der Waals surface area contributed by atoms with Crippen molar-refractivity contribution in [2.24, 2.45) is 5.92 Å². The SMILES string of the molecule is CNC(=O)[C@@H]1CCN(c2cc3c(c(OC)n2)c(=O)n(-c2cnc4cc(F)ccn24)c(=O)n3-c2ccc(F)c(Cl)c2)C1. The van der Waals surface area contributed by atoms with Gasteiger partial charge in [-0.15, -0.1) is 0 Å². The van der Waals surface area contributed by atoms with Crippen molar-refractivity contribution in [2.45, 2.75) is 6.42 Å². The molecule has 0 saturated carbocycles. The van der Waals surface area contributed by atoms with E-state index in [4.69, 9.17) is 16.3 Å². The molecule has 0 unspecified atom stereocenters. The topological polar surface area (TPSA) is 116 Å². The van der Waals surface area contributed by atoms with Gasteiger partial charge in [-0.05, 0) is 30.7 Å². The Balaban J connectivity index is 1.67. The van der Waals surface area contributed by atoms with Gasteiger partial charge in [0.1, 0.15) is 34.3 Å². The van der Waals surface area contributed by atoms with Crippen LogP contribution in [-0.4, -0.2) is 56.7 Å². The summed E-state index contributed by atoms with van der Waals surface area (Å²) in [5, 5.41) is 2.37. The second kappa shape index (κ2) is 10.0. The number of anilines is 1. The number of amides is 1. The molecule has 5 aromatic rings. The third-order valence-electron chi connectivity index (χ3n) is 7.16. The van der Waals surface area contributed by atoms with Crippen molar-refractivity contribution in [1.82, 2.24) is 28.8 Å². The Morgan fingerprint density at radius 1 is 1.15 bits per heavy atom. The van der Waals surface area contributed by atoms with Crippen LogP contribution in [0.3, 0.4) is 0 Å². The first kappa shape index (κ1) is 26.4. The number of pyridine rings is 2. The lowest BCUT2D eigenvalue weighted by atomic mass is 10.1. The summed E-state index contributed by atoms with van der Waals surface area (Å²) in [6.45, 7) is 0.866. The highest BCUT2D eigenvalue weighted by molar-refractivity contribution is 6.30. The van der Waals surface area contributed by atoms with E-state index in [0.717, 1.165) is 16.7 Å². The van der Waals surface area contributed by atoms with Crippen LogP contribution in [0.1, 0.15) is 6.42 Å². The van der Waals surface area contributed by atoms with Gasteiger partial charge in [0.25, 0.3) is 5.56 Å². The van der Waals surface area contributed by atoms with Gasteiger partial charge in [0.15, 0.2) is 0 Å². The van der Waals surface area contributed by atoms with E-state index in [0.29, 0.717) is 25.3 Å². The monoisotopic (exact) mass is 581 g/mol. The molecule has 1 fully saturated rings. The molecule has 41 heavy (non-hydrogen) atoms. The zero-order chi connectivity index (χ0) is 29.0. The number of carbonyl (C=O) groups excluding carboxylic acids is 1. The van der Waals surface area contributed by atoms with Crippen molar-refractivity contribution >= 4 is 39.9 Å². The molecule has 1 saturated heterocycles. The first-order valence-electron chi connectivity index (χ1n) is 12.5. The molecule has 14 heteroatoms. The summed E-state index contributed by atoms with van der Waals surface area (Å²) >= 11 is 6.09. The van der Waals surface area contributed by atoms with E-state index >= 15 is 0 Å². The second-order valence-electron chi connectivity index (χ2n) is 9.48. The highest BCUT2D eigenvalue weighted by atomic mass is 35.5. The molecule has 1 aliphatic heterocycles. The summed E-state index contributed by atoms with van der Waals surface area (Å²) in [4.78, 5) is 51.0. The van der Waals surface area contributed by atoms with Gasteiger partial charge in [-0.1, -0.05) is 11.6 Å². The van der Waals surface area contributed by atoms with Gasteiger partial charge in [0.2, 0.25) is 11.8 Å². The number of halogens is 3. The maximum Gasteiger partial charge on any atom is 0.342 e. The van der Waals surface area contributed by atoms with Crippen LogP contribution < -0.4 is 26.2 Å². The van der Waals surface area contributed by atoms with E-state index in [-0.39, 0.29) is 50.8 Å². The molecule has 1 N–H and O–H groups in total. The number of nitrogens with zero attached hydrogens (tertiary/aromatic N) is 6. The molecule has 1 amide bonds. The fourth-order valence-corrected chi connectivity index (χ4v) is 5.33. The minimum Gasteiger partial charge on any atom is -0.480 e. The van der Waals surface area contributed by atoms with Crippen LogP contribution >= 0.6 is 11.6 Å². The maximum atomic E-state index is 14.2. The summed E-state index contributed by atoms with van der Waals surface area (Å²) in [5.74, 6) is -1.26. The predicted molar refractivity (Wildman–Crippen MR) is 148 cm³/mol. The van der Waals surface area contributed by atoms with Crippen molar-refractivity contribution in [2.75, 3.05) is 32.1 Å². The van der Waals surface area contributed by atoms with Gasteiger partial charge in [-0.2, -0.15) is 4.98 Å². The fourth-order valence-electron chi connectivity index (χ4n) is 5.16. The number of aromatic nitrogens is 5. The fraction of sp³-hybridized carbons (Fsp3) is 0.222. The Morgan fingerprint density at radius 3 is 2.68 bits per heavy atom. The smallest absolute Gasteiger partial charge is 0.342 e. The number of hydrogen-bond acceptors (Lipinski definition) is 7. The minimum atomic E-state index is -0.819. The molecule has 0 spiro atoms. The highest BCUT2D eigenvalue weighted by Gasteiger charge is 2.30. The first-order chi connectivity index (χ1) is 19.7. The van der Waals surface area contributed by atoms with Gasteiger partial charge in [0, 0.05) is 38.5 Å². The van der Waals surface area contributed by atoms with E-state index in [1.165, 1.54) is 46.7 Å². The van der Waals surface area contributed by atoms with Crippen LogP contribution in [0.15, 0.2) is 58.4 Å². The average molecular weight is 582 g/mol. The molecule has 0 bridgehead atoms. The third kappa shape index (κ3) is 4.29. The number of ether oxygens (including phenoxy) is 1. The van der Waals surface area contributed by atoms with Gasteiger partial charge in [0.05, 0.1) is 35.5 Å². The van der Waals surface area contributed by atoms with Crippen molar-refractivity contribution in [3.8, 4) is 17.4 Å². The lowest BCUT2D eigenvalue weighted by Gasteiger charge is -2.21. The third-order valence-corrected chi connectivity index (χ3v) is 7.45. The van der Waals surface area contributed by atoms with E-state index in [1.54, 1.807) is 13.1 Å². The Hall–Kier alpha value is -4.78. The standard InChI is InChI=1S/C27H22ClF2N7O4/c1-31-24(38)14-5-7-34(13-14)21-11-19-23(25(33-21)41-2)26(39)37(22-12-32-20-9-15(29)6-8-35(20)22)27(40)36(19)16-3-4-18(30)17(28)10-16/h3-4,6,8-12,14H,5,7,13H2,1-2H3,(H,31,38)/t14-/m1/s1. The Kier molecular flexibility index (Phi) is 6.45. The van der Waals surface area contributed by atoms with Crippen LogP contribution in [0.25, 0.3) is 28.1 Å². The summed E-state index contributed by atoms with van der Waals surface area (Å²) in [7, 11) is 2.91. The second-order valence-corrected chi connectivity index (χ2v) is 9.88. The maximum absolute atomic E-state index is 14.2. The van der Waals surface area contributed by atoms with E-state index in [2.05, 4.69) is 15.3 Å². The Labute approximate surface area is 235 Å². The highest BCUT2D eigenvalue weighted by Crippen LogP contribution is 2.31. The van der Waals surface area contributed by atoms with E-state index < -0.39 is 22.9 Å². The zero-order valence-electron chi connectivity index (χ0n) is 21.8. The molecule has 5 heterocycles. The number of nitrogens with one attached hydrogen (secondary N) is 1. The van der Waals surface area contributed by atoms with Crippen LogP contribution in [0.4, 0.5) is 14.6 Å². The molecular weight excluding hydrogens is 560 g/mol. The molecule has 1 atom stereocenters. The Morgan fingerprint density at radius 2 is 1.95 bits per heavy atom. The van der Waals surface area contributed by atoms with Crippen LogP contribution in [-0.2, 0) is 4.79 Å². The number of carbonyl (C=O) groups is 1. The minimum absolute atomic E-state index is 0.0398. The summed E-state index contributed by atoms with van der Waals surface area (Å²) < 4.78 is 37.0. The van der Waals surface area contributed by atoms with Crippen molar-refractivity contribution in [3.05, 3.63) is 86.3 Å². The molecule has 0 radical (unpaired) electrons. The van der Waals surface area contributed by atoms with Crippen molar-refractivity contribution in [3.63, 3.8) is 0 Å². The molecular formula is C27H22ClF2N7O4. The van der Waals surface area contributed by atoms with Crippen LogP contribution in [0, 0.1) is 17.6 Å². The number of benzene rings is 1. The van der Waals surface area contributed by atoms with Crippen molar-refractivity contribution < 1.29 is 18.3 Å². The zero-order valence-corrected chi connectivity index (χ0v) is 22.5. The lowest BCUT2D eigenvalue weighted by molar-refractivity contribution is -0.123. The number of rotatable bonds is 5. The number of imidazole rings is 1. The van der Waals surface area contributed by atoms with E-state index in [1.807, 2.05) is 4.90 Å². The van der Waals surface area contributed by atoms with Gasteiger partial charge in [-0.25, -0.2) is 23.1 Å². The summed E-state index contributed by atoms with van der Waals surface area (Å²) in [6, 6.07) is 7.60. The molecule has 11 nitrogen and oxygen atoms in total. The van der Waals surface area contributed by atoms with Crippen LogP contribution in [0.5, 0.6) is 5.88 Å². The predicted octanol–water partition coefficient (Wildman–Crippen LogP) is 2.70. The number of fused-ring (bicyclic) bond motifs is 2. The van der Waals surface area contributed by atoms with Gasteiger partial charge in [-0.3, -0.25) is 18.6 Å². The van der Waals surface area contributed by atoms with Crippen molar-refractivity contribution in [1.29, 1.82) is 0 Å². The quantitative estimate of drug-likeness (QED) is 0.339. The largest absolute Gasteiger partial charge is 0.480 e. The van der Waals surface area contributed by atoms with Crippen LogP contribution in [0.2, 0.25) is 5.02 Å². The van der Waals surface area contributed by atoms with Gasteiger partial charge < -0.3 is 15.0 Å². The molecule has 0 aliphatic carbocycles. The normalized spacial score (nSPS) is 15.1. The Bertz CT molecular complexity index is 1990. The lowest BCUT2D eigenvalue weighted by Crippen LogP contribution is -2.39. The molecule has 1 aromatic carbocycles. The summed E-state index contributed by atoms with van der Waals surface area (Å²) in [5.41, 5.74) is -1.11.